The third kappa shape index (κ3) is 2.01. The van der Waals surface area contributed by atoms with E-state index in [2.05, 4.69) is 0 Å². The summed E-state index contributed by atoms with van der Waals surface area (Å²) in [6.45, 7) is 0. The van der Waals surface area contributed by atoms with E-state index in [0.29, 0.717) is 11.1 Å². The van der Waals surface area contributed by atoms with E-state index in [1.54, 1.807) is 6.07 Å². The molecule has 3 nitrogen and oxygen atoms in total. The van der Waals surface area contributed by atoms with Crippen molar-refractivity contribution in [2.24, 2.45) is 0 Å². The van der Waals surface area contributed by atoms with Crippen molar-refractivity contribution in [3.8, 4) is 11.1 Å². The molecule has 0 aliphatic heterocycles. The van der Waals surface area contributed by atoms with Crippen LogP contribution in [0.4, 0.5) is 8.78 Å². The van der Waals surface area contributed by atoms with Crippen LogP contribution in [0.15, 0.2) is 12.1 Å². The highest BCUT2D eigenvalue weighted by Crippen LogP contribution is 2.38. The van der Waals surface area contributed by atoms with Gasteiger partial charge in [-0.25, -0.2) is 8.78 Å². The number of hydrogen-bond acceptors (Lipinski definition) is 3. The van der Waals surface area contributed by atoms with E-state index in [-0.39, 0.29) is 0 Å². The minimum Gasteiger partial charge on any atom is -0.402 e. The van der Waals surface area contributed by atoms with Gasteiger partial charge >= 0.3 is 7.32 Å². The summed E-state index contributed by atoms with van der Waals surface area (Å²) < 4.78 is 24.1. The Labute approximate surface area is 67.1 Å². The van der Waals surface area contributed by atoms with Crippen LogP contribution in [0.25, 0.3) is 11.1 Å². The molecular formula is C6H5BF2O3. The molecule has 0 aromatic rings. The molecule has 0 saturated carbocycles. The third-order valence-corrected chi connectivity index (χ3v) is 1.26. The van der Waals surface area contributed by atoms with Gasteiger partial charge in [0.15, 0.2) is 11.6 Å². The highest BCUT2D eigenvalue weighted by atomic mass is 19.2. The van der Waals surface area contributed by atoms with Crippen molar-refractivity contribution >= 4 is 7.32 Å². The average Bonchev–Trinajstić information content (AvgIpc) is 2.59. The lowest BCUT2D eigenvalue weighted by molar-refractivity contribution is 0.278. The highest BCUT2D eigenvalue weighted by molar-refractivity contribution is 6.30. The zero-order chi connectivity index (χ0) is 9.30. The van der Waals surface area contributed by atoms with Crippen molar-refractivity contribution < 1.29 is 23.9 Å². The maximum atomic E-state index is 12.1. The Morgan fingerprint density at radius 2 is 1.58 bits per heavy atom. The molecule has 0 fully saturated rings. The average molecular weight is 174 g/mol. The zero-order valence-electron chi connectivity index (χ0n) is 5.83. The summed E-state index contributed by atoms with van der Waals surface area (Å²) in [7, 11) is -2.17. The van der Waals surface area contributed by atoms with Crippen molar-refractivity contribution in [3.63, 3.8) is 0 Å². The molecule has 0 aromatic heterocycles. The smallest absolute Gasteiger partial charge is 0.402 e. The number of benzene rings is 1. The van der Waals surface area contributed by atoms with Crippen LogP contribution < -0.4 is 0 Å². The second-order valence-corrected chi connectivity index (χ2v) is 2.17. The molecule has 0 spiro atoms. The van der Waals surface area contributed by atoms with Gasteiger partial charge in [-0.3, -0.25) is 0 Å². The monoisotopic (exact) mass is 174 g/mol. The van der Waals surface area contributed by atoms with Crippen LogP contribution in [0.5, 0.6) is 0 Å². The summed E-state index contributed by atoms with van der Waals surface area (Å²) in [5.74, 6) is -1.42. The van der Waals surface area contributed by atoms with Crippen LogP contribution in [-0.2, 0) is 0 Å². The molecule has 2 aliphatic carbocycles. The van der Waals surface area contributed by atoms with E-state index >= 15 is 0 Å². The maximum Gasteiger partial charge on any atom is 0.631 e. The summed E-state index contributed by atoms with van der Waals surface area (Å²) in [5.41, 5.74) is 1.16. The summed E-state index contributed by atoms with van der Waals surface area (Å²) in [4.78, 5) is 0. The second kappa shape index (κ2) is 3.18. The first-order valence-electron chi connectivity index (χ1n) is 3.06. The highest BCUT2D eigenvalue weighted by Gasteiger charge is 2.22. The summed E-state index contributed by atoms with van der Waals surface area (Å²) >= 11 is 0. The van der Waals surface area contributed by atoms with Gasteiger partial charge in [0.2, 0.25) is 0 Å². The van der Waals surface area contributed by atoms with Crippen LogP contribution >= 0.6 is 0 Å². The van der Waals surface area contributed by atoms with Crippen molar-refractivity contribution in [3.05, 3.63) is 23.8 Å². The molecule has 0 radical (unpaired) electrons. The predicted octanol–water partition coefficient (Wildman–Crippen LogP) is -0.107. The quantitative estimate of drug-likeness (QED) is 0.488. The van der Waals surface area contributed by atoms with E-state index in [1.807, 2.05) is 0 Å². The fourth-order valence-corrected chi connectivity index (χ4v) is 0.757. The first-order chi connectivity index (χ1) is 5.52. The fraction of sp³-hybridized carbons (Fsp3) is 0. The molecule has 0 heterocycles. The van der Waals surface area contributed by atoms with E-state index in [1.165, 1.54) is 6.07 Å². The SMILES string of the molecule is Fc1cc2cc-2c1F.OB(O)O. The van der Waals surface area contributed by atoms with E-state index in [9.17, 15) is 8.78 Å². The van der Waals surface area contributed by atoms with Crippen molar-refractivity contribution in [1.82, 2.24) is 0 Å². The van der Waals surface area contributed by atoms with Crippen LogP contribution in [-0.4, -0.2) is 22.4 Å². The van der Waals surface area contributed by atoms with Gasteiger partial charge in [0.25, 0.3) is 0 Å². The van der Waals surface area contributed by atoms with Crippen LogP contribution in [0.1, 0.15) is 0 Å². The molecular weight excluding hydrogens is 169 g/mol. The number of rotatable bonds is 0. The number of hydrogen-bond donors (Lipinski definition) is 3. The van der Waals surface area contributed by atoms with Gasteiger partial charge in [0, 0.05) is 5.56 Å². The largest absolute Gasteiger partial charge is 0.631 e. The number of halogens is 2. The van der Waals surface area contributed by atoms with Crippen LogP contribution in [0.3, 0.4) is 0 Å². The molecule has 2 aliphatic rings. The van der Waals surface area contributed by atoms with Gasteiger partial charge in [0.1, 0.15) is 0 Å². The molecule has 0 unspecified atom stereocenters. The molecule has 2 rings (SSSR count). The first kappa shape index (κ1) is 9.12. The van der Waals surface area contributed by atoms with Gasteiger partial charge in [-0.15, -0.1) is 0 Å². The Kier molecular flexibility index (Phi) is 2.42. The lowest BCUT2D eigenvalue weighted by Gasteiger charge is -1.74. The van der Waals surface area contributed by atoms with E-state index in [4.69, 9.17) is 15.1 Å². The van der Waals surface area contributed by atoms with Crippen LogP contribution in [0, 0.1) is 11.6 Å². The molecule has 0 aromatic carbocycles. The Hall–Kier alpha value is -0.975. The Morgan fingerprint density at radius 3 is 1.75 bits per heavy atom. The van der Waals surface area contributed by atoms with E-state index in [0.717, 1.165) is 0 Å². The molecule has 12 heavy (non-hydrogen) atoms. The van der Waals surface area contributed by atoms with Gasteiger partial charge in [-0.1, -0.05) is 0 Å². The minimum absolute atomic E-state index is 0.447. The molecule has 0 bridgehead atoms. The summed E-state index contributed by atoms with van der Waals surface area (Å²) in [6.07, 6.45) is 0. The molecule has 0 amide bonds. The molecule has 0 saturated heterocycles. The zero-order valence-corrected chi connectivity index (χ0v) is 5.83. The van der Waals surface area contributed by atoms with Gasteiger partial charge < -0.3 is 15.1 Å². The van der Waals surface area contributed by atoms with Crippen molar-refractivity contribution in [1.29, 1.82) is 0 Å². The predicted molar refractivity (Wildman–Crippen MR) is 37.8 cm³/mol. The first-order valence-corrected chi connectivity index (χ1v) is 3.06. The Balaban J connectivity index is 0.000000157. The molecule has 6 heteroatoms. The standard InChI is InChI=1S/C6H2F2.BH3O3/c7-5-2-3-1-4(3)6(5)8;2-1(3)4/h1-2H;2-4H. The molecule has 3 N–H and O–H groups in total. The van der Waals surface area contributed by atoms with Crippen LogP contribution in [0.2, 0.25) is 0 Å². The molecule has 0 atom stereocenters. The fourth-order valence-electron chi connectivity index (χ4n) is 0.757. The van der Waals surface area contributed by atoms with Gasteiger partial charge in [-0.05, 0) is 17.7 Å². The Morgan fingerprint density at radius 1 is 1.08 bits per heavy atom. The van der Waals surface area contributed by atoms with Gasteiger partial charge in [-0.2, -0.15) is 0 Å². The topological polar surface area (TPSA) is 60.7 Å². The van der Waals surface area contributed by atoms with Crippen molar-refractivity contribution in [2.45, 2.75) is 0 Å². The Bertz CT molecular complexity index is 300. The third-order valence-electron chi connectivity index (χ3n) is 1.26. The maximum absolute atomic E-state index is 12.1. The van der Waals surface area contributed by atoms with E-state index < -0.39 is 19.0 Å². The van der Waals surface area contributed by atoms with Crippen molar-refractivity contribution in [2.75, 3.05) is 0 Å². The summed E-state index contributed by atoms with van der Waals surface area (Å²) in [5, 5.41) is 21.5. The summed E-state index contributed by atoms with van der Waals surface area (Å²) in [6, 6.07) is 2.81. The number of fused-ring (bicyclic) bond motifs is 1. The lowest BCUT2D eigenvalue weighted by Crippen LogP contribution is -2.07. The van der Waals surface area contributed by atoms with Gasteiger partial charge in [0.05, 0.1) is 0 Å². The molecule has 64 valence electrons. The normalized spacial score (nSPS) is 10.1. The second-order valence-electron chi connectivity index (χ2n) is 2.17. The lowest BCUT2D eigenvalue weighted by atomic mass is 10.3. The minimum atomic E-state index is -2.17.